The lowest BCUT2D eigenvalue weighted by Crippen LogP contribution is -2.46. The number of aliphatic carboxylic acids is 1. The number of hydroxylamine groups is 1. The van der Waals surface area contributed by atoms with E-state index >= 15 is 0 Å². The van der Waals surface area contributed by atoms with Crippen molar-refractivity contribution in [2.45, 2.75) is 57.4 Å². The van der Waals surface area contributed by atoms with Gasteiger partial charge in [-0.15, -0.1) is 0 Å². The van der Waals surface area contributed by atoms with Crippen LogP contribution in [0.3, 0.4) is 0 Å². The van der Waals surface area contributed by atoms with Crippen molar-refractivity contribution in [3.05, 3.63) is 35.9 Å². The monoisotopic (exact) mass is 407 g/mol. The van der Waals surface area contributed by atoms with Crippen LogP contribution in [0.4, 0.5) is 0 Å². The molecule has 0 radical (unpaired) electrons. The van der Waals surface area contributed by atoms with Crippen LogP contribution in [0.1, 0.15) is 50.5 Å². The second-order valence-electron chi connectivity index (χ2n) is 6.67. The molecule has 160 valence electrons. The number of carbonyl (C=O) groups excluding carboxylic acids is 3. The number of carboxylic acid groups (broad SMARTS) is 1. The Labute approximate surface area is 169 Å². The fourth-order valence-corrected chi connectivity index (χ4v) is 2.71. The predicted octanol–water partition coefficient (Wildman–Crippen LogP) is 1.15. The normalized spacial score (nSPS) is 11.3. The minimum Gasteiger partial charge on any atom is -0.481 e. The van der Waals surface area contributed by atoms with Gasteiger partial charge < -0.3 is 15.7 Å². The van der Waals surface area contributed by atoms with Crippen molar-refractivity contribution in [3.8, 4) is 0 Å². The summed E-state index contributed by atoms with van der Waals surface area (Å²) in [5.74, 6) is -2.51. The summed E-state index contributed by atoms with van der Waals surface area (Å²) < 4.78 is 0. The minimum atomic E-state index is -1.12. The third-order valence-corrected chi connectivity index (χ3v) is 4.27. The van der Waals surface area contributed by atoms with Gasteiger partial charge in [0.05, 0.1) is 0 Å². The number of rotatable bonds is 14. The summed E-state index contributed by atoms with van der Waals surface area (Å²) in [6.45, 7) is 0.330. The van der Waals surface area contributed by atoms with Crippen LogP contribution in [0.15, 0.2) is 30.3 Å². The highest BCUT2D eigenvalue weighted by atomic mass is 16.5. The summed E-state index contributed by atoms with van der Waals surface area (Å²) in [6.07, 6.45) is 3.05. The first-order valence-electron chi connectivity index (χ1n) is 9.68. The third kappa shape index (κ3) is 11.5. The van der Waals surface area contributed by atoms with Gasteiger partial charge in [0.1, 0.15) is 6.04 Å². The largest absolute Gasteiger partial charge is 0.481 e. The van der Waals surface area contributed by atoms with Crippen molar-refractivity contribution in [2.75, 3.05) is 6.54 Å². The van der Waals surface area contributed by atoms with Gasteiger partial charge in [-0.2, -0.15) is 0 Å². The number of hydrogen-bond donors (Lipinski definition) is 5. The SMILES string of the molecule is O=C(O)CC[C@@H](NC(=O)CCCNC(=O)CCCCc1ccccc1)C(=O)NO. The summed E-state index contributed by atoms with van der Waals surface area (Å²) in [4.78, 5) is 45.7. The molecule has 1 aromatic carbocycles. The Balaban J connectivity index is 2.15. The zero-order chi connectivity index (χ0) is 21.5. The van der Waals surface area contributed by atoms with Crippen LogP contribution in [-0.4, -0.2) is 46.6 Å². The molecule has 9 nitrogen and oxygen atoms in total. The Morgan fingerprint density at radius 3 is 2.24 bits per heavy atom. The summed E-state index contributed by atoms with van der Waals surface area (Å²) in [5.41, 5.74) is 2.65. The molecule has 1 rings (SSSR count). The maximum Gasteiger partial charge on any atom is 0.303 e. The van der Waals surface area contributed by atoms with Crippen LogP contribution in [0.25, 0.3) is 0 Å². The lowest BCUT2D eigenvalue weighted by molar-refractivity contribution is -0.139. The summed E-state index contributed by atoms with van der Waals surface area (Å²) >= 11 is 0. The highest BCUT2D eigenvalue weighted by Crippen LogP contribution is 2.06. The van der Waals surface area contributed by atoms with Gasteiger partial charge in [-0.3, -0.25) is 24.4 Å². The Hall–Kier alpha value is -2.94. The molecule has 0 saturated heterocycles. The standard InChI is InChI=1S/C20H29N3O6/c24-17(10-5-4-9-15-7-2-1-3-8-15)21-14-6-11-18(25)22-16(20(28)23-29)12-13-19(26)27/h1-3,7-8,16,29H,4-6,9-14H2,(H,21,24)(H,22,25)(H,23,28)(H,26,27)/t16-/m1/s1. The maximum atomic E-state index is 11.9. The van der Waals surface area contributed by atoms with Gasteiger partial charge in [-0.1, -0.05) is 30.3 Å². The van der Waals surface area contributed by atoms with Gasteiger partial charge in [0.25, 0.3) is 5.91 Å². The zero-order valence-corrected chi connectivity index (χ0v) is 16.4. The minimum absolute atomic E-state index is 0.0660. The molecule has 0 aliphatic carbocycles. The van der Waals surface area contributed by atoms with E-state index < -0.39 is 23.8 Å². The van der Waals surface area contributed by atoms with E-state index in [9.17, 15) is 19.2 Å². The fraction of sp³-hybridized carbons (Fsp3) is 0.500. The molecule has 0 aromatic heterocycles. The summed E-state index contributed by atoms with van der Waals surface area (Å²) in [5, 5.41) is 22.5. The number of benzene rings is 1. The van der Waals surface area contributed by atoms with Crippen molar-refractivity contribution < 1.29 is 29.5 Å². The van der Waals surface area contributed by atoms with Crippen molar-refractivity contribution in [1.82, 2.24) is 16.1 Å². The van der Waals surface area contributed by atoms with Crippen LogP contribution in [0, 0.1) is 0 Å². The van der Waals surface area contributed by atoms with Crippen molar-refractivity contribution >= 4 is 23.7 Å². The number of aryl methyl sites for hydroxylation is 1. The molecule has 0 saturated carbocycles. The van der Waals surface area contributed by atoms with E-state index in [0.29, 0.717) is 19.4 Å². The van der Waals surface area contributed by atoms with Crippen molar-refractivity contribution in [2.24, 2.45) is 0 Å². The molecule has 0 aliphatic heterocycles. The average molecular weight is 407 g/mol. The van der Waals surface area contributed by atoms with Crippen molar-refractivity contribution in [1.29, 1.82) is 0 Å². The molecule has 0 unspecified atom stereocenters. The van der Waals surface area contributed by atoms with Crippen LogP contribution < -0.4 is 16.1 Å². The third-order valence-electron chi connectivity index (χ3n) is 4.27. The quantitative estimate of drug-likeness (QED) is 0.178. The van der Waals surface area contributed by atoms with Gasteiger partial charge in [0, 0.05) is 25.8 Å². The van der Waals surface area contributed by atoms with Gasteiger partial charge in [0.15, 0.2) is 0 Å². The first-order chi connectivity index (χ1) is 13.9. The number of unbranched alkanes of at least 4 members (excludes halogenated alkanes) is 1. The highest BCUT2D eigenvalue weighted by molar-refractivity contribution is 5.87. The van der Waals surface area contributed by atoms with E-state index in [1.165, 1.54) is 11.0 Å². The molecule has 0 aliphatic rings. The second-order valence-corrected chi connectivity index (χ2v) is 6.67. The van der Waals surface area contributed by atoms with Crippen molar-refractivity contribution in [3.63, 3.8) is 0 Å². The summed E-state index contributed by atoms with van der Waals surface area (Å²) in [6, 6.07) is 8.94. The van der Waals surface area contributed by atoms with Crippen LogP contribution in [-0.2, 0) is 25.6 Å². The Morgan fingerprint density at radius 2 is 1.59 bits per heavy atom. The lowest BCUT2D eigenvalue weighted by atomic mass is 10.1. The smallest absolute Gasteiger partial charge is 0.303 e. The number of nitrogens with one attached hydrogen (secondary N) is 3. The first kappa shape index (κ1) is 24.1. The van der Waals surface area contributed by atoms with Gasteiger partial charge in [-0.25, -0.2) is 5.48 Å². The van der Waals surface area contributed by atoms with Gasteiger partial charge >= 0.3 is 5.97 Å². The molecule has 9 heteroatoms. The number of amides is 3. The topological polar surface area (TPSA) is 145 Å². The average Bonchev–Trinajstić information content (AvgIpc) is 2.71. The molecule has 5 N–H and O–H groups in total. The molecule has 1 aromatic rings. The van der Waals surface area contributed by atoms with Crippen LogP contribution >= 0.6 is 0 Å². The molecule has 0 heterocycles. The van der Waals surface area contributed by atoms with Gasteiger partial charge in [-0.05, 0) is 37.7 Å². The molecule has 1 atom stereocenters. The number of hydrogen-bond acceptors (Lipinski definition) is 5. The summed E-state index contributed by atoms with van der Waals surface area (Å²) in [7, 11) is 0. The lowest BCUT2D eigenvalue weighted by Gasteiger charge is -2.15. The van der Waals surface area contributed by atoms with E-state index in [1.807, 2.05) is 18.2 Å². The maximum absolute atomic E-state index is 11.9. The Bertz CT molecular complexity index is 665. The molecular formula is C20H29N3O6. The molecular weight excluding hydrogens is 378 g/mol. The number of carbonyl (C=O) groups is 4. The highest BCUT2D eigenvalue weighted by Gasteiger charge is 2.21. The molecule has 3 amide bonds. The van der Waals surface area contributed by atoms with E-state index in [0.717, 1.165) is 19.3 Å². The zero-order valence-electron chi connectivity index (χ0n) is 16.4. The molecule has 0 fully saturated rings. The number of carboxylic acids is 1. The first-order valence-corrected chi connectivity index (χ1v) is 9.68. The molecule has 0 bridgehead atoms. The Morgan fingerprint density at radius 1 is 0.897 bits per heavy atom. The second kappa shape index (κ2) is 14.1. The van der Waals surface area contributed by atoms with E-state index in [2.05, 4.69) is 22.8 Å². The van der Waals surface area contributed by atoms with Gasteiger partial charge in [0.2, 0.25) is 11.8 Å². The molecule has 29 heavy (non-hydrogen) atoms. The predicted molar refractivity (Wildman–Crippen MR) is 105 cm³/mol. The van der Waals surface area contributed by atoms with E-state index in [4.69, 9.17) is 10.3 Å². The van der Waals surface area contributed by atoms with Crippen LogP contribution in [0.2, 0.25) is 0 Å². The van der Waals surface area contributed by atoms with Crippen LogP contribution in [0.5, 0.6) is 0 Å². The van der Waals surface area contributed by atoms with E-state index in [-0.39, 0.29) is 25.2 Å². The molecule has 0 spiro atoms. The van der Waals surface area contributed by atoms with E-state index in [1.54, 1.807) is 0 Å². The fourth-order valence-electron chi connectivity index (χ4n) is 2.71. The Kier molecular flexibility index (Phi) is 11.7.